The molecule has 3 rings (SSSR count). The van der Waals surface area contributed by atoms with Gasteiger partial charge in [0.05, 0.1) is 5.69 Å². The highest BCUT2D eigenvalue weighted by Crippen LogP contribution is 2.27. The molecule has 0 aliphatic heterocycles. The van der Waals surface area contributed by atoms with Crippen molar-refractivity contribution in [1.82, 2.24) is 14.8 Å². The molecule has 96 valence electrons. The molecule has 0 bridgehead atoms. The summed E-state index contributed by atoms with van der Waals surface area (Å²) in [7, 11) is 0. The number of aromatic nitrogens is 3. The van der Waals surface area contributed by atoms with Crippen LogP contribution in [0.25, 0.3) is 16.4 Å². The zero-order valence-corrected chi connectivity index (χ0v) is 11.0. The van der Waals surface area contributed by atoms with Gasteiger partial charge in [0.25, 0.3) is 0 Å². The lowest BCUT2D eigenvalue weighted by atomic mass is 10.1. The SMILES string of the molecule is Cc1cn(-c2nccs2)nc1-c1ccc(N)cc1F. The quantitative estimate of drug-likeness (QED) is 0.731. The van der Waals surface area contributed by atoms with E-state index in [9.17, 15) is 4.39 Å². The number of rotatable bonds is 2. The minimum absolute atomic E-state index is 0.368. The summed E-state index contributed by atoms with van der Waals surface area (Å²) < 4.78 is 15.6. The van der Waals surface area contributed by atoms with Gasteiger partial charge in [-0.1, -0.05) is 0 Å². The van der Waals surface area contributed by atoms with E-state index in [1.807, 2.05) is 18.5 Å². The number of hydrogen-bond acceptors (Lipinski definition) is 4. The number of aryl methyl sites for hydroxylation is 1. The van der Waals surface area contributed by atoms with Gasteiger partial charge in [-0.25, -0.2) is 14.1 Å². The molecule has 3 aromatic rings. The molecule has 0 aliphatic carbocycles. The van der Waals surface area contributed by atoms with Crippen molar-refractivity contribution in [3.63, 3.8) is 0 Å². The number of nitrogens with zero attached hydrogens (tertiary/aromatic N) is 3. The average Bonchev–Trinajstić information content (AvgIpc) is 2.98. The monoisotopic (exact) mass is 274 g/mol. The predicted molar refractivity (Wildman–Crippen MR) is 73.8 cm³/mol. The standard InChI is InChI=1S/C13H11FN4S/c1-8-7-18(13-16-4-5-19-13)17-12(8)10-3-2-9(15)6-11(10)14/h2-7H,15H2,1H3. The highest BCUT2D eigenvalue weighted by Gasteiger charge is 2.13. The maximum Gasteiger partial charge on any atom is 0.210 e. The molecule has 0 spiro atoms. The number of anilines is 1. The Morgan fingerprint density at radius 1 is 1.37 bits per heavy atom. The fourth-order valence-electron chi connectivity index (χ4n) is 1.88. The first-order valence-corrected chi connectivity index (χ1v) is 6.54. The summed E-state index contributed by atoms with van der Waals surface area (Å²) in [5.41, 5.74) is 7.89. The van der Waals surface area contributed by atoms with Gasteiger partial charge in [-0.2, -0.15) is 5.10 Å². The molecule has 0 atom stereocenters. The van der Waals surface area contributed by atoms with E-state index >= 15 is 0 Å². The highest BCUT2D eigenvalue weighted by atomic mass is 32.1. The molecular formula is C13H11FN4S. The summed E-state index contributed by atoms with van der Waals surface area (Å²) in [5, 5.41) is 7.02. The lowest BCUT2D eigenvalue weighted by molar-refractivity contribution is 0.631. The van der Waals surface area contributed by atoms with Crippen molar-refractivity contribution >= 4 is 17.0 Å². The second-order valence-electron chi connectivity index (χ2n) is 4.16. The van der Waals surface area contributed by atoms with Gasteiger partial charge >= 0.3 is 0 Å². The third-order valence-electron chi connectivity index (χ3n) is 2.76. The van der Waals surface area contributed by atoms with Gasteiger partial charge in [-0.15, -0.1) is 11.3 Å². The van der Waals surface area contributed by atoms with Crippen LogP contribution in [0.1, 0.15) is 5.56 Å². The molecule has 0 saturated heterocycles. The van der Waals surface area contributed by atoms with Crippen LogP contribution in [0.4, 0.5) is 10.1 Å². The Kier molecular flexibility index (Phi) is 2.79. The van der Waals surface area contributed by atoms with Crippen LogP contribution in [-0.4, -0.2) is 14.8 Å². The van der Waals surface area contributed by atoms with Crippen LogP contribution in [0, 0.1) is 12.7 Å². The molecule has 2 heterocycles. The van der Waals surface area contributed by atoms with Crippen LogP contribution < -0.4 is 5.73 Å². The molecule has 2 N–H and O–H groups in total. The van der Waals surface area contributed by atoms with Crippen molar-refractivity contribution in [2.45, 2.75) is 6.92 Å². The largest absolute Gasteiger partial charge is 0.399 e. The minimum Gasteiger partial charge on any atom is -0.399 e. The van der Waals surface area contributed by atoms with Crippen LogP contribution in [0.2, 0.25) is 0 Å². The Labute approximate surface area is 113 Å². The van der Waals surface area contributed by atoms with Gasteiger partial charge in [-0.05, 0) is 30.7 Å². The number of nitrogens with two attached hydrogens (primary N) is 1. The zero-order chi connectivity index (χ0) is 13.4. The Balaban J connectivity index is 2.11. The topological polar surface area (TPSA) is 56.7 Å². The van der Waals surface area contributed by atoms with Crippen LogP contribution in [0.5, 0.6) is 0 Å². The van der Waals surface area contributed by atoms with Gasteiger partial charge in [-0.3, -0.25) is 0 Å². The lowest BCUT2D eigenvalue weighted by Crippen LogP contribution is -1.95. The maximum absolute atomic E-state index is 13.9. The fourth-order valence-corrected chi connectivity index (χ4v) is 2.44. The van der Waals surface area contributed by atoms with Crippen LogP contribution in [-0.2, 0) is 0 Å². The lowest BCUT2D eigenvalue weighted by Gasteiger charge is -2.02. The Morgan fingerprint density at radius 3 is 2.89 bits per heavy atom. The molecule has 0 unspecified atom stereocenters. The first-order chi connectivity index (χ1) is 9.15. The minimum atomic E-state index is -0.368. The van der Waals surface area contributed by atoms with Crippen molar-refractivity contribution in [2.24, 2.45) is 0 Å². The van der Waals surface area contributed by atoms with E-state index in [0.29, 0.717) is 16.9 Å². The molecule has 0 saturated carbocycles. The first kappa shape index (κ1) is 11.9. The van der Waals surface area contributed by atoms with E-state index in [1.54, 1.807) is 23.0 Å². The molecule has 0 fully saturated rings. The van der Waals surface area contributed by atoms with E-state index in [2.05, 4.69) is 10.1 Å². The number of halogens is 1. The molecule has 0 radical (unpaired) electrons. The molecule has 2 aromatic heterocycles. The highest BCUT2D eigenvalue weighted by molar-refractivity contribution is 7.12. The van der Waals surface area contributed by atoms with E-state index in [0.717, 1.165) is 10.7 Å². The van der Waals surface area contributed by atoms with Gasteiger partial charge < -0.3 is 5.73 Å². The van der Waals surface area contributed by atoms with E-state index in [1.165, 1.54) is 17.4 Å². The number of nitrogen functional groups attached to an aromatic ring is 1. The molecular weight excluding hydrogens is 263 g/mol. The van der Waals surface area contributed by atoms with Gasteiger partial charge in [0.15, 0.2) is 0 Å². The molecule has 0 aliphatic rings. The number of hydrogen-bond donors (Lipinski definition) is 1. The Morgan fingerprint density at radius 2 is 2.21 bits per heavy atom. The summed E-state index contributed by atoms with van der Waals surface area (Å²) in [5.74, 6) is -0.368. The number of benzene rings is 1. The van der Waals surface area contributed by atoms with Gasteiger partial charge in [0.2, 0.25) is 5.13 Å². The van der Waals surface area contributed by atoms with Gasteiger partial charge in [0, 0.05) is 29.0 Å². The summed E-state index contributed by atoms with van der Waals surface area (Å²) in [4.78, 5) is 4.18. The molecule has 19 heavy (non-hydrogen) atoms. The van der Waals surface area contributed by atoms with Crippen LogP contribution in [0.15, 0.2) is 36.0 Å². The number of thiazole rings is 1. The fraction of sp³-hybridized carbons (Fsp3) is 0.0769. The molecule has 0 amide bonds. The summed E-state index contributed by atoms with van der Waals surface area (Å²) in [6.07, 6.45) is 3.55. The predicted octanol–water partition coefficient (Wildman–Crippen LogP) is 3.03. The summed E-state index contributed by atoms with van der Waals surface area (Å²) >= 11 is 1.48. The van der Waals surface area contributed by atoms with E-state index in [4.69, 9.17) is 5.73 Å². The van der Waals surface area contributed by atoms with Crippen molar-refractivity contribution < 1.29 is 4.39 Å². The summed E-state index contributed by atoms with van der Waals surface area (Å²) in [6, 6.07) is 4.61. The van der Waals surface area contributed by atoms with Crippen LogP contribution >= 0.6 is 11.3 Å². The third-order valence-corrected chi connectivity index (χ3v) is 3.52. The van der Waals surface area contributed by atoms with Gasteiger partial charge in [0.1, 0.15) is 5.82 Å². The normalized spacial score (nSPS) is 10.8. The average molecular weight is 274 g/mol. The van der Waals surface area contributed by atoms with Crippen molar-refractivity contribution in [3.8, 4) is 16.4 Å². The first-order valence-electron chi connectivity index (χ1n) is 5.66. The summed E-state index contributed by atoms with van der Waals surface area (Å²) in [6.45, 7) is 1.89. The van der Waals surface area contributed by atoms with Crippen LogP contribution in [0.3, 0.4) is 0 Å². The van der Waals surface area contributed by atoms with E-state index < -0.39 is 0 Å². The second-order valence-corrected chi connectivity index (χ2v) is 5.03. The van der Waals surface area contributed by atoms with Crippen molar-refractivity contribution in [1.29, 1.82) is 0 Å². The maximum atomic E-state index is 13.9. The Bertz CT molecular complexity index is 718. The third kappa shape index (κ3) is 2.10. The van der Waals surface area contributed by atoms with Crippen molar-refractivity contribution in [2.75, 3.05) is 5.73 Å². The van der Waals surface area contributed by atoms with Crippen molar-refractivity contribution in [3.05, 3.63) is 47.4 Å². The smallest absolute Gasteiger partial charge is 0.210 e. The molecule has 6 heteroatoms. The van der Waals surface area contributed by atoms with E-state index in [-0.39, 0.29) is 5.82 Å². The Hall–Kier alpha value is -2.21. The molecule has 1 aromatic carbocycles. The second kappa shape index (κ2) is 4.47. The zero-order valence-electron chi connectivity index (χ0n) is 10.2. The molecule has 4 nitrogen and oxygen atoms in total.